The highest BCUT2D eigenvalue weighted by atomic mass is 16.5. The summed E-state index contributed by atoms with van der Waals surface area (Å²) in [6.45, 7) is 12.1. The second-order valence-corrected chi connectivity index (χ2v) is 9.75. The van der Waals surface area contributed by atoms with Gasteiger partial charge in [0.1, 0.15) is 12.0 Å². The lowest BCUT2D eigenvalue weighted by atomic mass is 9.51. The number of allylic oxidation sites excluding steroid dienone is 1. The van der Waals surface area contributed by atoms with Gasteiger partial charge in [-0.2, -0.15) is 0 Å². The van der Waals surface area contributed by atoms with Gasteiger partial charge >= 0.3 is 11.9 Å². The second kappa shape index (κ2) is 8.10. The predicted molar refractivity (Wildman–Crippen MR) is 110 cm³/mol. The number of carbonyl (C=O) groups is 2. The number of esters is 2. The molecular weight excluding hydrogens is 368 g/mol. The molecule has 5 nitrogen and oxygen atoms in total. The quantitative estimate of drug-likeness (QED) is 0.395. The molecule has 0 bridgehead atoms. The third kappa shape index (κ3) is 3.94. The Morgan fingerprint density at radius 2 is 1.72 bits per heavy atom. The normalized spacial score (nSPS) is 39.4. The van der Waals surface area contributed by atoms with E-state index in [0.29, 0.717) is 24.5 Å². The summed E-state index contributed by atoms with van der Waals surface area (Å²) in [4.78, 5) is 34.9. The molecule has 2 unspecified atom stereocenters. The Hall–Kier alpha value is -1.87. The van der Waals surface area contributed by atoms with Crippen molar-refractivity contribution in [2.75, 3.05) is 6.61 Å². The molecule has 160 valence electrons. The smallest absolute Gasteiger partial charge is 0.302 e. The molecule has 0 N–H and O–H groups in total. The van der Waals surface area contributed by atoms with Crippen molar-refractivity contribution >= 4 is 17.9 Å². The first kappa shape index (κ1) is 21.8. The van der Waals surface area contributed by atoms with Crippen LogP contribution in [-0.4, -0.2) is 30.6 Å². The topological polar surface area (TPSA) is 69.7 Å². The third-order valence-corrected chi connectivity index (χ3v) is 8.25. The van der Waals surface area contributed by atoms with Gasteiger partial charge in [0.25, 0.3) is 0 Å². The summed E-state index contributed by atoms with van der Waals surface area (Å²) in [5.74, 6) is 2.47. The highest BCUT2D eigenvalue weighted by Gasteiger charge is 2.56. The highest BCUT2D eigenvalue weighted by molar-refractivity contribution is 5.66. The fourth-order valence-corrected chi connectivity index (χ4v) is 6.51. The van der Waals surface area contributed by atoms with E-state index in [4.69, 9.17) is 9.47 Å². The molecule has 3 rings (SSSR count). The van der Waals surface area contributed by atoms with Crippen LogP contribution in [0.15, 0.2) is 17.7 Å². The monoisotopic (exact) mass is 402 g/mol. The van der Waals surface area contributed by atoms with Crippen molar-refractivity contribution < 1.29 is 23.9 Å². The minimum Gasteiger partial charge on any atom is -0.466 e. The molecule has 0 heterocycles. The number of hydrogen-bond donors (Lipinski definition) is 0. The van der Waals surface area contributed by atoms with Crippen molar-refractivity contribution in [2.24, 2.45) is 28.6 Å². The van der Waals surface area contributed by atoms with Crippen molar-refractivity contribution in [3.05, 3.63) is 17.7 Å². The lowest BCUT2D eigenvalue weighted by molar-refractivity contribution is -0.149. The molecule has 3 saturated carbocycles. The molecule has 0 aromatic carbocycles. The average Bonchev–Trinajstić information content (AvgIpc) is 2.96. The fourth-order valence-electron chi connectivity index (χ4n) is 6.51. The minimum absolute atomic E-state index is 0.0810. The SMILES string of the molecule is C=C1CCC2[C@H](COC(C)=O)C([C@@]3(C)CC[C@H](OC(C)=O)CC3=C=O)CC[C@]12C. The molecule has 6 atom stereocenters. The number of fused-ring (bicyclic) bond motifs is 1. The van der Waals surface area contributed by atoms with Gasteiger partial charge in [-0.25, -0.2) is 4.79 Å². The van der Waals surface area contributed by atoms with Crippen LogP contribution in [0.1, 0.15) is 72.6 Å². The van der Waals surface area contributed by atoms with Crippen LogP contribution < -0.4 is 0 Å². The van der Waals surface area contributed by atoms with Crippen molar-refractivity contribution in [2.45, 2.75) is 78.7 Å². The molecule has 5 heteroatoms. The van der Waals surface area contributed by atoms with E-state index in [9.17, 15) is 14.4 Å². The zero-order chi connectivity index (χ0) is 21.4. The first-order valence-electron chi connectivity index (χ1n) is 10.8. The van der Waals surface area contributed by atoms with E-state index in [-0.39, 0.29) is 40.7 Å². The lowest BCUT2D eigenvalue weighted by Gasteiger charge is -2.54. The molecule has 0 saturated heterocycles. The van der Waals surface area contributed by atoms with Gasteiger partial charge in [-0.15, -0.1) is 0 Å². The Balaban J connectivity index is 1.90. The van der Waals surface area contributed by atoms with Crippen LogP contribution in [0, 0.1) is 28.6 Å². The maximum absolute atomic E-state index is 12.0. The summed E-state index contributed by atoms with van der Waals surface area (Å²) in [5, 5.41) is 0. The molecule has 0 amide bonds. The standard InChI is InChI=1S/C24H34O5/c1-15-6-7-21-20(14-28-16(2)26)22(9-11-23(15,21)4)24(5)10-8-19(29-17(3)27)12-18(24)13-25/h19-22H,1,6-12,14H2,2-5H3/t19-,20-,21?,22?,23+,24-/m0/s1. The Bertz CT molecular complexity index is 748. The van der Waals surface area contributed by atoms with Gasteiger partial charge in [-0.3, -0.25) is 9.59 Å². The maximum atomic E-state index is 12.0. The van der Waals surface area contributed by atoms with Crippen LogP contribution in [0.2, 0.25) is 0 Å². The summed E-state index contributed by atoms with van der Waals surface area (Å²) in [5.41, 5.74) is 1.79. The minimum atomic E-state index is -0.311. The fraction of sp³-hybridized carbons (Fsp3) is 0.750. The molecule has 0 aromatic rings. The van der Waals surface area contributed by atoms with Crippen LogP contribution in [0.4, 0.5) is 0 Å². The van der Waals surface area contributed by atoms with Crippen LogP contribution in [0.25, 0.3) is 0 Å². The van der Waals surface area contributed by atoms with Gasteiger partial charge in [0.15, 0.2) is 0 Å². The zero-order valence-electron chi connectivity index (χ0n) is 18.2. The molecule has 29 heavy (non-hydrogen) atoms. The Kier molecular flexibility index (Phi) is 6.10. The van der Waals surface area contributed by atoms with Crippen molar-refractivity contribution in [1.29, 1.82) is 0 Å². The zero-order valence-corrected chi connectivity index (χ0v) is 18.2. The summed E-state index contributed by atoms with van der Waals surface area (Å²) in [6, 6.07) is 0. The Labute approximate surface area is 173 Å². The molecule has 3 aliphatic rings. The van der Waals surface area contributed by atoms with Crippen LogP contribution >= 0.6 is 0 Å². The molecule has 0 spiro atoms. The van der Waals surface area contributed by atoms with E-state index in [1.165, 1.54) is 19.4 Å². The molecular formula is C24H34O5. The van der Waals surface area contributed by atoms with Crippen molar-refractivity contribution in [1.82, 2.24) is 0 Å². The van der Waals surface area contributed by atoms with E-state index in [2.05, 4.69) is 26.4 Å². The number of rotatable bonds is 4. The summed E-state index contributed by atoms with van der Waals surface area (Å²) in [6.07, 6.45) is 5.82. The van der Waals surface area contributed by atoms with Gasteiger partial charge in [0.2, 0.25) is 0 Å². The summed E-state index contributed by atoms with van der Waals surface area (Å²) >= 11 is 0. The maximum Gasteiger partial charge on any atom is 0.302 e. The molecule has 0 aromatic heterocycles. The number of ether oxygens (including phenoxy) is 2. The first-order valence-corrected chi connectivity index (χ1v) is 10.8. The van der Waals surface area contributed by atoms with E-state index in [1.807, 2.05) is 0 Å². The highest BCUT2D eigenvalue weighted by Crippen LogP contribution is 2.63. The first-order chi connectivity index (χ1) is 13.6. The Morgan fingerprint density at radius 3 is 2.34 bits per heavy atom. The molecule has 3 fully saturated rings. The van der Waals surface area contributed by atoms with Gasteiger partial charge in [-0.1, -0.05) is 26.0 Å². The van der Waals surface area contributed by atoms with E-state index >= 15 is 0 Å². The number of carbonyl (C=O) groups excluding carboxylic acids is 3. The van der Waals surface area contributed by atoms with Gasteiger partial charge in [-0.05, 0) is 55.8 Å². The second-order valence-electron chi connectivity index (χ2n) is 9.75. The van der Waals surface area contributed by atoms with Crippen LogP contribution in [-0.2, 0) is 23.9 Å². The molecule has 0 radical (unpaired) electrons. The van der Waals surface area contributed by atoms with Gasteiger partial charge in [0, 0.05) is 37.2 Å². The van der Waals surface area contributed by atoms with Crippen molar-refractivity contribution in [3.8, 4) is 0 Å². The third-order valence-electron chi connectivity index (χ3n) is 8.25. The average molecular weight is 403 g/mol. The molecule has 0 aliphatic heterocycles. The Morgan fingerprint density at radius 1 is 1.07 bits per heavy atom. The lowest BCUT2D eigenvalue weighted by Crippen LogP contribution is -2.49. The van der Waals surface area contributed by atoms with E-state index in [1.54, 1.807) is 0 Å². The van der Waals surface area contributed by atoms with Gasteiger partial charge < -0.3 is 9.47 Å². The van der Waals surface area contributed by atoms with Crippen LogP contribution in [0.5, 0.6) is 0 Å². The summed E-state index contributed by atoms with van der Waals surface area (Å²) in [7, 11) is 0. The summed E-state index contributed by atoms with van der Waals surface area (Å²) < 4.78 is 10.9. The molecule has 3 aliphatic carbocycles. The van der Waals surface area contributed by atoms with Gasteiger partial charge in [0.05, 0.1) is 6.61 Å². The number of hydrogen-bond acceptors (Lipinski definition) is 5. The van der Waals surface area contributed by atoms with E-state index in [0.717, 1.165) is 38.5 Å². The van der Waals surface area contributed by atoms with E-state index < -0.39 is 0 Å². The van der Waals surface area contributed by atoms with Crippen molar-refractivity contribution in [3.63, 3.8) is 0 Å². The van der Waals surface area contributed by atoms with Crippen LogP contribution in [0.3, 0.4) is 0 Å². The largest absolute Gasteiger partial charge is 0.466 e. The predicted octanol–water partition coefficient (Wildman–Crippen LogP) is 4.43.